The van der Waals surface area contributed by atoms with Crippen molar-refractivity contribution in [3.8, 4) is 5.75 Å². The third-order valence-corrected chi connectivity index (χ3v) is 3.01. The minimum atomic E-state index is -1.12. The zero-order chi connectivity index (χ0) is 13.1. The lowest BCUT2D eigenvalue weighted by Crippen LogP contribution is -2.17. The average Bonchev–Trinajstić information content (AvgIpc) is 2.79. The number of halogens is 1. The molecule has 6 heteroatoms. The number of hydrogen-bond donors (Lipinski definition) is 2. The fourth-order valence-electron chi connectivity index (χ4n) is 1.87. The molecule has 1 aromatic carbocycles. The molecule has 1 saturated heterocycles. The van der Waals surface area contributed by atoms with Gasteiger partial charge in [0.25, 0.3) is 0 Å². The number of carboxylic acids is 1. The number of anilines is 1. The normalized spacial score (nSPS) is 18.8. The molecule has 1 aliphatic rings. The Hall–Kier alpha value is -1.46. The van der Waals surface area contributed by atoms with Gasteiger partial charge in [-0.3, -0.25) is 0 Å². The second-order valence-electron chi connectivity index (χ2n) is 4.13. The molecule has 3 N–H and O–H groups in total. The highest BCUT2D eigenvalue weighted by Gasteiger charge is 2.20. The first kappa shape index (κ1) is 13.0. The lowest BCUT2D eigenvalue weighted by Gasteiger charge is -2.14. The van der Waals surface area contributed by atoms with Crippen LogP contribution in [-0.4, -0.2) is 30.4 Å². The summed E-state index contributed by atoms with van der Waals surface area (Å²) in [7, 11) is 0. The third-order valence-electron chi connectivity index (χ3n) is 2.73. The van der Waals surface area contributed by atoms with Crippen molar-refractivity contribution in [1.29, 1.82) is 0 Å². The van der Waals surface area contributed by atoms with Gasteiger partial charge in [-0.2, -0.15) is 0 Å². The average molecular weight is 272 g/mol. The van der Waals surface area contributed by atoms with Crippen LogP contribution in [0.15, 0.2) is 12.1 Å². The molecular weight excluding hydrogens is 258 g/mol. The highest BCUT2D eigenvalue weighted by Crippen LogP contribution is 2.32. The van der Waals surface area contributed by atoms with Crippen LogP contribution in [0.1, 0.15) is 23.2 Å². The number of nitrogen functional groups attached to an aromatic ring is 1. The first-order valence-electron chi connectivity index (χ1n) is 5.64. The lowest BCUT2D eigenvalue weighted by atomic mass is 10.1. The quantitative estimate of drug-likeness (QED) is 0.820. The summed E-state index contributed by atoms with van der Waals surface area (Å²) in [5, 5.41) is 9.28. The maximum Gasteiger partial charge on any atom is 0.339 e. The predicted octanol–water partition coefficient (Wildman–Crippen LogP) is 2.18. The van der Waals surface area contributed by atoms with E-state index in [0.29, 0.717) is 12.3 Å². The Labute approximate surface area is 109 Å². The van der Waals surface area contributed by atoms with E-state index in [0.717, 1.165) is 19.4 Å². The SMILES string of the molecule is Nc1cc(Cl)c(OCC2CCCO2)c(C(=O)O)c1. The van der Waals surface area contributed by atoms with Gasteiger partial charge in [-0.1, -0.05) is 11.6 Å². The fourth-order valence-corrected chi connectivity index (χ4v) is 2.15. The van der Waals surface area contributed by atoms with Crippen molar-refractivity contribution in [2.75, 3.05) is 18.9 Å². The molecule has 2 rings (SSSR count). The first-order valence-corrected chi connectivity index (χ1v) is 6.02. The molecule has 0 amide bonds. The van der Waals surface area contributed by atoms with Crippen LogP contribution in [0.3, 0.4) is 0 Å². The predicted molar refractivity (Wildman–Crippen MR) is 67.3 cm³/mol. The van der Waals surface area contributed by atoms with Crippen molar-refractivity contribution < 1.29 is 19.4 Å². The van der Waals surface area contributed by atoms with Crippen LogP contribution < -0.4 is 10.5 Å². The van der Waals surface area contributed by atoms with E-state index in [1.165, 1.54) is 12.1 Å². The van der Waals surface area contributed by atoms with Crippen LogP contribution in [0.4, 0.5) is 5.69 Å². The minimum absolute atomic E-state index is 0.000245. The highest BCUT2D eigenvalue weighted by atomic mass is 35.5. The van der Waals surface area contributed by atoms with Gasteiger partial charge >= 0.3 is 5.97 Å². The summed E-state index contributed by atoms with van der Waals surface area (Å²) in [6, 6.07) is 2.80. The van der Waals surface area contributed by atoms with E-state index in [9.17, 15) is 4.79 Å². The van der Waals surface area contributed by atoms with Crippen LogP contribution in [0, 0.1) is 0 Å². The Kier molecular flexibility index (Phi) is 3.93. The third kappa shape index (κ3) is 2.86. The molecule has 18 heavy (non-hydrogen) atoms. The van der Waals surface area contributed by atoms with E-state index in [1.807, 2.05) is 0 Å². The zero-order valence-electron chi connectivity index (χ0n) is 9.69. The molecular formula is C12H14ClNO4. The molecule has 5 nitrogen and oxygen atoms in total. The molecule has 0 spiro atoms. The molecule has 1 unspecified atom stereocenters. The Morgan fingerprint density at radius 3 is 3.00 bits per heavy atom. The van der Waals surface area contributed by atoms with Crippen LogP contribution in [0.25, 0.3) is 0 Å². The van der Waals surface area contributed by atoms with Crippen molar-refractivity contribution >= 4 is 23.3 Å². The Morgan fingerprint density at radius 1 is 1.61 bits per heavy atom. The van der Waals surface area contributed by atoms with Gasteiger partial charge < -0.3 is 20.3 Å². The van der Waals surface area contributed by atoms with Gasteiger partial charge in [-0.05, 0) is 25.0 Å². The number of aromatic carboxylic acids is 1. The minimum Gasteiger partial charge on any atom is -0.488 e. The van der Waals surface area contributed by atoms with Gasteiger partial charge in [0.1, 0.15) is 12.2 Å². The summed E-state index contributed by atoms with van der Waals surface area (Å²) in [4.78, 5) is 11.1. The molecule has 0 saturated carbocycles. The van der Waals surface area contributed by atoms with Crippen LogP contribution in [0.5, 0.6) is 5.75 Å². The maximum absolute atomic E-state index is 11.1. The number of nitrogens with two attached hydrogens (primary N) is 1. The Balaban J connectivity index is 2.17. The van der Waals surface area contributed by atoms with Gasteiger partial charge in [0.15, 0.2) is 5.75 Å². The summed E-state index contributed by atoms with van der Waals surface area (Å²) in [6.07, 6.45) is 1.91. The van der Waals surface area contributed by atoms with E-state index in [1.54, 1.807) is 0 Å². The van der Waals surface area contributed by atoms with Gasteiger partial charge in [-0.15, -0.1) is 0 Å². The molecule has 1 fully saturated rings. The molecule has 1 heterocycles. The molecule has 0 aromatic heterocycles. The van der Waals surface area contributed by atoms with Crippen LogP contribution >= 0.6 is 11.6 Å². The zero-order valence-corrected chi connectivity index (χ0v) is 10.4. The van der Waals surface area contributed by atoms with E-state index < -0.39 is 5.97 Å². The van der Waals surface area contributed by atoms with E-state index >= 15 is 0 Å². The smallest absolute Gasteiger partial charge is 0.339 e. The van der Waals surface area contributed by atoms with Crippen LogP contribution in [-0.2, 0) is 4.74 Å². The summed E-state index contributed by atoms with van der Waals surface area (Å²) in [5.74, 6) is -0.972. The van der Waals surface area contributed by atoms with Crippen LogP contribution in [0.2, 0.25) is 5.02 Å². The molecule has 0 radical (unpaired) electrons. The number of carbonyl (C=O) groups is 1. The molecule has 0 bridgehead atoms. The maximum atomic E-state index is 11.1. The van der Waals surface area contributed by atoms with Gasteiger partial charge in [-0.25, -0.2) is 4.79 Å². The second-order valence-corrected chi connectivity index (χ2v) is 4.54. The fraction of sp³-hybridized carbons (Fsp3) is 0.417. The van der Waals surface area contributed by atoms with E-state index in [2.05, 4.69) is 0 Å². The lowest BCUT2D eigenvalue weighted by molar-refractivity contribution is 0.0630. The van der Waals surface area contributed by atoms with Crippen molar-refractivity contribution in [1.82, 2.24) is 0 Å². The molecule has 0 aliphatic carbocycles. The number of carboxylic acid groups (broad SMARTS) is 1. The molecule has 1 aliphatic heterocycles. The number of benzene rings is 1. The first-order chi connectivity index (χ1) is 8.58. The summed E-state index contributed by atoms with van der Waals surface area (Å²) >= 11 is 5.96. The number of rotatable bonds is 4. The van der Waals surface area contributed by atoms with Crippen molar-refractivity contribution in [2.45, 2.75) is 18.9 Å². The molecule has 98 valence electrons. The van der Waals surface area contributed by atoms with Crippen molar-refractivity contribution in [3.63, 3.8) is 0 Å². The van der Waals surface area contributed by atoms with Crippen molar-refractivity contribution in [3.05, 3.63) is 22.7 Å². The summed E-state index contributed by atoms with van der Waals surface area (Å²) in [6.45, 7) is 1.01. The van der Waals surface area contributed by atoms with Gasteiger partial charge in [0.05, 0.1) is 11.1 Å². The number of hydrogen-bond acceptors (Lipinski definition) is 4. The topological polar surface area (TPSA) is 81.8 Å². The largest absolute Gasteiger partial charge is 0.488 e. The number of ether oxygens (including phenoxy) is 2. The second kappa shape index (κ2) is 5.46. The standard InChI is InChI=1S/C12H14ClNO4/c13-10-5-7(14)4-9(12(15)16)11(10)18-6-8-2-1-3-17-8/h4-5,8H,1-3,6,14H2,(H,15,16). The Bertz CT molecular complexity index is 458. The summed E-state index contributed by atoms with van der Waals surface area (Å²) < 4.78 is 10.9. The highest BCUT2D eigenvalue weighted by molar-refractivity contribution is 6.33. The summed E-state index contributed by atoms with van der Waals surface area (Å²) in [5.41, 5.74) is 5.82. The Morgan fingerprint density at radius 2 is 2.39 bits per heavy atom. The van der Waals surface area contributed by atoms with Gasteiger partial charge in [0, 0.05) is 12.3 Å². The van der Waals surface area contributed by atoms with E-state index in [-0.39, 0.29) is 22.4 Å². The monoisotopic (exact) mass is 271 g/mol. The van der Waals surface area contributed by atoms with Gasteiger partial charge in [0.2, 0.25) is 0 Å². The van der Waals surface area contributed by atoms with E-state index in [4.69, 9.17) is 31.9 Å². The van der Waals surface area contributed by atoms with Crippen molar-refractivity contribution in [2.24, 2.45) is 0 Å². The molecule has 1 aromatic rings. The molecule has 1 atom stereocenters.